The van der Waals surface area contributed by atoms with Crippen molar-refractivity contribution in [3.63, 3.8) is 0 Å². The highest BCUT2D eigenvalue weighted by Gasteiger charge is 2.23. The molecule has 0 amide bonds. The average Bonchev–Trinajstić information content (AvgIpc) is 3.41. The number of aryl methyl sites for hydroxylation is 1. The van der Waals surface area contributed by atoms with Gasteiger partial charge in [0, 0.05) is 32.6 Å². The van der Waals surface area contributed by atoms with E-state index in [1.807, 2.05) is 7.05 Å². The van der Waals surface area contributed by atoms with Crippen molar-refractivity contribution in [2.24, 2.45) is 4.99 Å². The van der Waals surface area contributed by atoms with Gasteiger partial charge in [0.05, 0.1) is 0 Å². The van der Waals surface area contributed by atoms with Crippen LogP contribution in [0.4, 0.5) is 0 Å². The van der Waals surface area contributed by atoms with Crippen molar-refractivity contribution in [2.45, 2.75) is 56.3 Å². The summed E-state index contributed by atoms with van der Waals surface area (Å²) in [4.78, 5) is 4.29. The van der Waals surface area contributed by atoms with Gasteiger partial charge in [-0.05, 0) is 47.9 Å². The first-order chi connectivity index (χ1) is 12.8. The standard InChI is InChI=1S/C18H28N6S2.HI/c1-19-17(21-12-14-9-11-26-13-14)20-10-5-8-16-22-23-18(25-2)24(16)15-6-3-4-7-15;/h9,11,13,15H,3-8,10,12H2,1-2H3,(H2,19,20,21);1H. The molecule has 1 saturated carbocycles. The summed E-state index contributed by atoms with van der Waals surface area (Å²) in [7, 11) is 1.81. The molecule has 1 fully saturated rings. The lowest BCUT2D eigenvalue weighted by Gasteiger charge is -2.16. The maximum absolute atomic E-state index is 4.46. The van der Waals surface area contributed by atoms with Crippen LogP contribution in [0, 0.1) is 0 Å². The lowest BCUT2D eigenvalue weighted by molar-refractivity contribution is 0.460. The number of rotatable bonds is 8. The maximum atomic E-state index is 4.46. The molecule has 0 saturated heterocycles. The van der Waals surface area contributed by atoms with Crippen molar-refractivity contribution in [1.82, 2.24) is 25.4 Å². The van der Waals surface area contributed by atoms with Crippen molar-refractivity contribution in [2.75, 3.05) is 19.8 Å². The molecule has 0 unspecified atom stereocenters. The fourth-order valence-corrected chi connectivity index (χ4v) is 4.64. The molecule has 0 atom stereocenters. The molecule has 6 nitrogen and oxygen atoms in total. The number of guanidine groups is 1. The van der Waals surface area contributed by atoms with Gasteiger partial charge in [-0.1, -0.05) is 24.6 Å². The van der Waals surface area contributed by atoms with E-state index in [-0.39, 0.29) is 24.0 Å². The quantitative estimate of drug-likeness (QED) is 0.181. The highest BCUT2D eigenvalue weighted by Crippen LogP contribution is 2.33. The number of hydrogen-bond acceptors (Lipinski definition) is 5. The van der Waals surface area contributed by atoms with Crippen LogP contribution in [-0.4, -0.2) is 40.6 Å². The minimum Gasteiger partial charge on any atom is -0.356 e. The zero-order valence-electron chi connectivity index (χ0n) is 16.0. The molecular weight excluding hydrogens is 491 g/mol. The minimum atomic E-state index is 0. The highest BCUT2D eigenvalue weighted by atomic mass is 127. The van der Waals surface area contributed by atoms with Gasteiger partial charge in [0.2, 0.25) is 0 Å². The largest absolute Gasteiger partial charge is 0.356 e. The van der Waals surface area contributed by atoms with E-state index in [2.05, 4.69) is 53.5 Å². The first kappa shape index (κ1) is 22.5. The van der Waals surface area contributed by atoms with E-state index in [0.29, 0.717) is 6.04 Å². The molecule has 1 aliphatic carbocycles. The topological polar surface area (TPSA) is 67.1 Å². The number of thiophene rings is 1. The molecule has 9 heteroatoms. The second-order valence-corrected chi connectivity index (χ2v) is 8.05. The zero-order valence-corrected chi connectivity index (χ0v) is 19.9. The van der Waals surface area contributed by atoms with Crippen molar-refractivity contribution >= 4 is 53.0 Å². The monoisotopic (exact) mass is 520 g/mol. The number of thioether (sulfide) groups is 1. The van der Waals surface area contributed by atoms with E-state index in [9.17, 15) is 0 Å². The van der Waals surface area contributed by atoms with Crippen LogP contribution < -0.4 is 10.6 Å². The Morgan fingerprint density at radius 1 is 1.33 bits per heavy atom. The van der Waals surface area contributed by atoms with Gasteiger partial charge in [0.1, 0.15) is 5.82 Å². The Morgan fingerprint density at radius 3 is 2.81 bits per heavy atom. The summed E-state index contributed by atoms with van der Waals surface area (Å²) < 4.78 is 2.39. The maximum Gasteiger partial charge on any atom is 0.191 e. The molecule has 0 bridgehead atoms. The molecule has 3 rings (SSSR count). The Kier molecular flexibility index (Phi) is 9.91. The molecule has 2 heterocycles. The molecule has 2 N–H and O–H groups in total. The molecular formula is C18H29IN6S2. The van der Waals surface area contributed by atoms with Gasteiger partial charge < -0.3 is 15.2 Å². The Labute approximate surface area is 187 Å². The number of aliphatic imine (C=N–C) groups is 1. The summed E-state index contributed by atoms with van der Waals surface area (Å²) in [6, 6.07) is 2.72. The van der Waals surface area contributed by atoms with Crippen molar-refractivity contribution in [3.05, 3.63) is 28.2 Å². The zero-order chi connectivity index (χ0) is 18.2. The predicted octanol–water partition coefficient (Wildman–Crippen LogP) is 4.09. The predicted molar refractivity (Wildman–Crippen MR) is 126 cm³/mol. The first-order valence-corrected chi connectivity index (χ1v) is 11.4. The smallest absolute Gasteiger partial charge is 0.191 e. The van der Waals surface area contributed by atoms with Crippen LogP contribution >= 0.6 is 47.1 Å². The normalized spacial score (nSPS) is 15.0. The SMILES string of the molecule is CN=C(NCCCc1nnc(SC)n1C1CCCC1)NCc1ccsc1.I. The first-order valence-electron chi connectivity index (χ1n) is 9.25. The van der Waals surface area contributed by atoms with E-state index in [4.69, 9.17) is 0 Å². The lowest BCUT2D eigenvalue weighted by Crippen LogP contribution is -2.37. The summed E-state index contributed by atoms with van der Waals surface area (Å²) in [6.45, 7) is 1.67. The van der Waals surface area contributed by atoms with Crippen molar-refractivity contribution < 1.29 is 0 Å². The minimum absolute atomic E-state index is 0. The van der Waals surface area contributed by atoms with E-state index in [1.54, 1.807) is 23.1 Å². The molecule has 0 aliphatic heterocycles. The molecule has 0 aromatic carbocycles. The van der Waals surface area contributed by atoms with Gasteiger partial charge >= 0.3 is 0 Å². The Bertz CT molecular complexity index is 695. The molecule has 27 heavy (non-hydrogen) atoms. The van der Waals surface area contributed by atoms with E-state index in [0.717, 1.165) is 42.9 Å². The summed E-state index contributed by atoms with van der Waals surface area (Å²) in [5, 5.41) is 20.9. The van der Waals surface area contributed by atoms with Crippen molar-refractivity contribution in [3.8, 4) is 0 Å². The molecule has 2 aromatic heterocycles. The van der Waals surface area contributed by atoms with Gasteiger partial charge in [-0.3, -0.25) is 4.99 Å². The Morgan fingerprint density at radius 2 is 2.15 bits per heavy atom. The number of hydrogen-bond donors (Lipinski definition) is 2. The molecule has 2 aromatic rings. The number of aromatic nitrogens is 3. The number of nitrogens with zero attached hydrogens (tertiary/aromatic N) is 4. The summed E-state index contributed by atoms with van der Waals surface area (Å²) in [5.41, 5.74) is 1.28. The third-order valence-electron chi connectivity index (χ3n) is 4.74. The van der Waals surface area contributed by atoms with Crippen LogP contribution in [0.2, 0.25) is 0 Å². The van der Waals surface area contributed by atoms with Crippen LogP contribution in [0.15, 0.2) is 27.0 Å². The summed E-state index contributed by atoms with van der Waals surface area (Å²) >= 11 is 3.42. The van der Waals surface area contributed by atoms with E-state index >= 15 is 0 Å². The third-order valence-corrected chi connectivity index (χ3v) is 6.12. The second-order valence-electron chi connectivity index (χ2n) is 6.50. The number of nitrogens with one attached hydrogen (secondary N) is 2. The summed E-state index contributed by atoms with van der Waals surface area (Å²) in [5.74, 6) is 1.97. The third kappa shape index (κ3) is 6.35. The van der Waals surface area contributed by atoms with E-state index < -0.39 is 0 Å². The summed E-state index contributed by atoms with van der Waals surface area (Å²) in [6.07, 6.45) is 9.21. The molecule has 0 radical (unpaired) electrons. The van der Waals surface area contributed by atoms with Crippen LogP contribution in [0.5, 0.6) is 0 Å². The fraction of sp³-hybridized carbons (Fsp3) is 0.611. The Hall–Kier alpha value is -0.810. The highest BCUT2D eigenvalue weighted by molar-refractivity contribution is 14.0. The van der Waals surface area contributed by atoms with Crippen LogP contribution in [-0.2, 0) is 13.0 Å². The van der Waals surface area contributed by atoms with Gasteiger partial charge in [-0.25, -0.2) is 0 Å². The van der Waals surface area contributed by atoms with Gasteiger partial charge in [0.25, 0.3) is 0 Å². The Balaban J connectivity index is 0.00000261. The second kappa shape index (κ2) is 11.9. The van der Waals surface area contributed by atoms with Crippen LogP contribution in [0.3, 0.4) is 0 Å². The van der Waals surface area contributed by atoms with Gasteiger partial charge in [0.15, 0.2) is 11.1 Å². The molecule has 150 valence electrons. The van der Waals surface area contributed by atoms with Gasteiger partial charge in [-0.15, -0.1) is 34.2 Å². The molecule has 0 spiro atoms. The van der Waals surface area contributed by atoms with Crippen LogP contribution in [0.25, 0.3) is 0 Å². The molecule has 1 aliphatic rings. The number of halogens is 1. The fourth-order valence-electron chi connectivity index (χ4n) is 3.40. The lowest BCUT2D eigenvalue weighted by atomic mass is 10.2. The van der Waals surface area contributed by atoms with Gasteiger partial charge in [-0.2, -0.15) is 11.3 Å². The van der Waals surface area contributed by atoms with Crippen LogP contribution in [0.1, 0.15) is 49.5 Å². The average molecular weight is 521 g/mol. The van der Waals surface area contributed by atoms with Crippen molar-refractivity contribution in [1.29, 1.82) is 0 Å². The van der Waals surface area contributed by atoms with E-state index in [1.165, 1.54) is 31.2 Å².